The van der Waals surface area contributed by atoms with E-state index >= 15 is 0 Å². The molecule has 1 aliphatic heterocycles. The van der Waals surface area contributed by atoms with Crippen LogP contribution < -0.4 is 10.3 Å². The molecule has 1 atom stereocenters. The molecule has 2 aromatic carbocycles. The summed E-state index contributed by atoms with van der Waals surface area (Å²) < 4.78 is 24.2. The van der Waals surface area contributed by atoms with Crippen LogP contribution in [0, 0.1) is 5.82 Å². The van der Waals surface area contributed by atoms with E-state index in [-0.39, 0.29) is 17.5 Å². The molecule has 0 spiro atoms. The van der Waals surface area contributed by atoms with Crippen molar-refractivity contribution in [3.8, 4) is 5.75 Å². The highest BCUT2D eigenvalue weighted by molar-refractivity contribution is 5.83. The van der Waals surface area contributed by atoms with E-state index in [9.17, 15) is 9.18 Å². The highest BCUT2D eigenvalue weighted by Gasteiger charge is 2.19. The fourth-order valence-corrected chi connectivity index (χ4v) is 3.98. The molecular weight excluding hydrogens is 397 g/mol. The Hall–Kier alpha value is -3.03. The van der Waals surface area contributed by atoms with E-state index in [1.807, 2.05) is 12.1 Å². The molecule has 1 aliphatic rings. The summed E-state index contributed by atoms with van der Waals surface area (Å²) in [4.78, 5) is 22.4. The number of aromatic nitrogens is 2. The fraction of sp³-hybridized carbons (Fsp3) is 0.333. The van der Waals surface area contributed by atoms with E-state index < -0.39 is 0 Å². The zero-order valence-electron chi connectivity index (χ0n) is 17.7. The van der Waals surface area contributed by atoms with Gasteiger partial charge in [-0.15, -0.1) is 0 Å². The number of fused-ring (bicyclic) bond motifs is 1. The van der Waals surface area contributed by atoms with Gasteiger partial charge in [-0.1, -0.05) is 24.3 Å². The maximum absolute atomic E-state index is 13.1. The van der Waals surface area contributed by atoms with Gasteiger partial charge in [-0.2, -0.15) is 0 Å². The molecule has 0 aliphatic carbocycles. The molecule has 0 radical (unpaired) electrons. The van der Waals surface area contributed by atoms with Gasteiger partial charge in [0, 0.05) is 26.7 Å². The van der Waals surface area contributed by atoms with E-state index in [0.29, 0.717) is 28.9 Å². The number of halogens is 1. The summed E-state index contributed by atoms with van der Waals surface area (Å²) in [6.07, 6.45) is 3.47. The minimum atomic E-state index is -0.329. The minimum Gasteiger partial charge on any atom is -0.494 e. The number of rotatable bonds is 7. The number of nitrogens with one attached hydrogen (secondary N) is 1. The summed E-state index contributed by atoms with van der Waals surface area (Å²) in [5, 5.41) is 0.493. The Labute approximate surface area is 180 Å². The number of ether oxygens (including phenoxy) is 2. The van der Waals surface area contributed by atoms with E-state index in [1.54, 1.807) is 32.4 Å². The largest absolute Gasteiger partial charge is 0.494 e. The van der Waals surface area contributed by atoms with E-state index in [0.717, 1.165) is 31.6 Å². The van der Waals surface area contributed by atoms with Gasteiger partial charge < -0.3 is 14.5 Å². The van der Waals surface area contributed by atoms with Crippen molar-refractivity contribution in [2.45, 2.75) is 18.9 Å². The number of H-pyrrole nitrogens is 1. The average molecular weight is 423 g/mol. The molecule has 31 heavy (non-hydrogen) atoms. The normalized spacial score (nSPS) is 15.6. The fourth-order valence-electron chi connectivity index (χ4n) is 3.98. The summed E-state index contributed by atoms with van der Waals surface area (Å²) in [6.45, 7) is 2.53. The van der Waals surface area contributed by atoms with Crippen molar-refractivity contribution in [1.29, 1.82) is 0 Å². The summed E-state index contributed by atoms with van der Waals surface area (Å²) in [6, 6.07) is 11.9. The number of nitrogens with zero attached hydrogens (tertiary/aromatic N) is 2. The van der Waals surface area contributed by atoms with E-state index in [1.165, 1.54) is 17.7 Å². The summed E-state index contributed by atoms with van der Waals surface area (Å²) in [5.41, 5.74) is 2.65. The lowest BCUT2D eigenvalue weighted by molar-refractivity contribution is 0.0776. The number of hydrogen-bond donors (Lipinski definition) is 1. The third kappa shape index (κ3) is 4.68. The van der Waals surface area contributed by atoms with Gasteiger partial charge in [0.2, 0.25) is 0 Å². The quantitative estimate of drug-likeness (QED) is 0.624. The van der Waals surface area contributed by atoms with Crippen LogP contribution >= 0.6 is 0 Å². The molecular formula is C24H26FN3O3. The molecule has 162 valence electrons. The SMILES string of the molecule is COc1cccc2c(=O)[nH]c(C(CCN3CC=C(c4ccc(F)cc4)CC3)OC)nc12. The first-order valence-electron chi connectivity index (χ1n) is 10.4. The van der Waals surface area contributed by atoms with Crippen molar-refractivity contribution in [1.82, 2.24) is 14.9 Å². The van der Waals surface area contributed by atoms with Gasteiger partial charge in [-0.3, -0.25) is 9.69 Å². The Bertz CT molecular complexity index is 1140. The molecule has 3 aromatic rings. The monoisotopic (exact) mass is 423 g/mol. The Morgan fingerprint density at radius 2 is 2.00 bits per heavy atom. The zero-order chi connectivity index (χ0) is 21.8. The molecule has 2 heterocycles. The number of hydrogen-bond acceptors (Lipinski definition) is 5. The van der Waals surface area contributed by atoms with Gasteiger partial charge in [0.25, 0.3) is 5.56 Å². The third-order valence-corrected chi connectivity index (χ3v) is 5.74. The van der Waals surface area contributed by atoms with Gasteiger partial charge in [0.1, 0.15) is 29.0 Å². The smallest absolute Gasteiger partial charge is 0.258 e. The summed E-state index contributed by atoms with van der Waals surface area (Å²) in [5.74, 6) is 0.851. The van der Waals surface area contributed by atoms with Crippen LogP contribution in [0.1, 0.15) is 30.3 Å². The standard InChI is InChI=1S/C24H26FN3O3/c1-30-20-5-3-4-19-22(20)26-23(27-24(19)29)21(31-2)12-15-28-13-10-17(11-14-28)16-6-8-18(25)9-7-16/h3-10,21H,11-15H2,1-2H3,(H,26,27,29). The van der Waals surface area contributed by atoms with Crippen molar-refractivity contribution in [3.63, 3.8) is 0 Å². The molecule has 0 saturated heterocycles. The molecule has 1 N–H and O–H groups in total. The third-order valence-electron chi connectivity index (χ3n) is 5.74. The number of benzene rings is 2. The van der Waals surface area contributed by atoms with Gasteiger partial charge in [0.15, 0.2) is 0 Å². The van der Waals surface area contributed by atoms with Crippen molar-refractivity contribution < 1.29 is 13.9 Å². The predicted molar refractivity (Wildman–Crippen MR) is 119 cm³/mol. The Balaban J connectivity index is 1.44. The first-order valence-corrected chi connectivity index (χ1v) is 10.4. The lowest BCUT2D eigenvalue weighted by Crippen LogP contribution is -2.31. The first-order chi connectivity index (χ1) is 15.1. The van der Waals surface area contributed by atoms with Crippen LogP contribution in [0.5, 0.6) is 5.75 Å². The Morgan fingerprint density at radius 3 is 2.68 bits per heavy atom. The van der Waals surface area contributed by atoms with Crippen LogP contribution in [-0.2, 0) is 4.74 Å². The molecule has 0 bridgehead atoms. The Morgan fingerprint density at radius 1 is 1.19 bits per heavy atom. The lowest BCUT2D eigenvalue weighted by Gasteiger charge is -2.27. The predicted octanol–water partition coefficient (Wildman–Crippen LogP) is 3.94. The molecule has 0 amide bonds. The van der Waals surface area contributed by atoms with Gasteiger partial charge >= 0.3 is 0 Å². The van der Waals surface area contributed by atoms with Crippen molar-refractivity contribution >= 4 is 16.5 Å². The summed E-state index contributed by atoms with van der Waals surface area (Å²) in [7, 11) is 3.19. The maximum atomic E-state index is 13.1. The van der Waals surface area contributed by atoms with Crippen LogP contribution in [0.4, 0.5) is 4.39 Å². The molecule has 0 fully saturated rings. The maximum Gasteiger partial charge on any atom is 0.258 e. The topological polar surface area (TPSA) is 67.5 Å². The second kappa shape index (κ2) is 9.41. The highest BCUT2D eigenvalue weighted by Crippen LogP contribution is 2.26. The van der Waals surface area contributed by atoms with Gasteiger partial charge in [0.05, 0.1) is 12.5 Å². The zero-order valence-corrected chi connectivity index (χ0v) is 17.7. The molecule has 4 rings (SSSR count). The van der Waals surface area contributed by atoms with Gasteiger partial charge in [-0.05, 0) is 48.2 Å². The number of methoxy groups -OCH3 is 2. The lowest BCUT2D eigenvalue weighted by atomic mass is 9.99. The van der Waals surface area contributed by atoms with Crippen LogP contribution in [0.15, 0.2) is 53.3 Å². The molecule has 7 heteroatoms. The molecule has 1 aromatic heterocycles. The van der Waals surface area contributed by atoms with Crippen molar-refractivity contribution in [2.24, 2.45) is 0 Å². The first kappa shape index (κ1) is 21.2. The van der Waals surface area contributed by atoms with Crippen LogP contribution in [0.2, 0.25) is 0 Å². The van der Waals surface area contributed by atoms with E-state index in [2.05, 4.69) is 20.9 Å². The minimum absolute atomic E-state index is 0.203. The van der Waals surface area contributed by atoms with Crippen LogP contribution in [-0.4, -0.2) is 48.7 Å². The second-order valence-electron chi connectivity index (χ2n) is 7.61. The second-order valence-corrected chi connectivity index (χ2v) is 7.61. The highest BCUT2D eigenvalue weighted by atomic mass is 19.1. The number of para-hydroxylation sites is 1. The van der Waals surface area contributed by atoms with Crippen LogP contribution in [0.3, 0.4) is 0 Å². The van der Waals surface area contributed by atoms with Crippen molar-refractivity contribution in [2.75, 3.05) is 33.9 Å². The molecule has 6 nitrogen and oxygen atoms in total. The van der Waals surface area contributed by atoms with Crippen molar-refractivity contribution in [3.05, 3.63) is 76.1 Å². The van der Waals surface area contributed by atoms with Crippen LogP contribution in [0.25, 0.3) is 16.5 Å². The molecule has 0 saturated carbocycles. The summed E-state index contributed by atoms with van der Waals surface area (Å²) >= 11 is 0. The number of aromatic amines is 1. The molecule has 1 unspecified atom stereocenters. The Kier molecular flexibility index (Phi) is 6.44. The average Bonchev–Trinajstić information content (AvgIpc) is 2.80. The van der Waals surface area contributed by atoms with E-state index in [4.69, 9.17) is 9.47 Å². The van der Waals surface area contributed by atoms with Gasteiger partial charge in [-0.25, -0.2) is 9.37 Å².